The van der Waals surface area contributed by atoms with E-state index in [1.807, 2.05) is 30.5 Å². The van der Waals surface area contributed by atoms with Gasteiger partial charge < -0.3 is 4.74 Å². The predicted molar refractivity (Wildman–Crippen MR) is 68.2 cm³/mol. The van der Waals surface area contributed by atoms with Gasteiger partial charge in [0.1, 0.15) is 6.61 Å². The summed E-state index contributed by atoms with van der Waals surface area (Å²) < 4.78 is 5.22. The fraction of sp³-hybridized carbons (Fsp3) is 0.308. The number of rotatable bonds is 7. The lowest BCUT2D eigenvalue weighted by atomic mass is 10.1. The minimum atomic E-state index is 0.0247. The quantitative estimate of drug-likeness (QED) is 0.315. The van der Waals surface area contributed by atoms with Gasteiger partial charge in [0.15, 0.2) is 5.78 Å². The van der Waals surface area contributed by atoms with E-state index in [4.69, 9.17) is 4.74 Å². The van der Waals surface area contributed by atoms with Gasteiger partial charge in [-0.15, -0.1) is 18.3 Å². The molecule has 0 amide bonds. The van der Waals surface area contributed by atoms with Crippen molar-refractivity contribution in [1.29, 1.82) is 0 Å². The van der Waals surface area contributed by atoms with Crippen molar-refractivity contribution in [2.45, 2.75) is 11.3 Å². The molecule has 0 bridgehead atoms. The van der Waals surface area contributed by atoms with Crippen LogP contribution < -0.4 is 0 Å². The van der Waals surface area contributed by atoms with Crippen LogP contribution in [0.15, 0.2) is 41.8 Å². The summed E-state index contributed by atoms with van der Waals surface area (Å²) >= 11 is 1.66. The zero-order chi connectivity index (χ0) is 11.8. The smallest absolute Gasteiger partial charge is 0.188 e. The lowest BCUT2D eigenvalue weighted by Crippen LogP contribution is -2.09. The molecule has 0 saturated heterocycles. The van der Waals surface area contributed by atoms with Gasteiger partial charge in [-0.3, -0.25) is 4.79 Å². The van der Waals surface area contributed by atoms with Gasteiger partial charge in [0.25, 0.3) is 0 Å². The van der Waals surface area contributed by atoms with E-state index >= 15 is 0 Å². The van der Waals surface area contributed by atoms with Crippen LogP contribution in [0.1, 0.15) is 16.8 Å². The van der Waals surface area contributed by atoms with Crippen molar-refractivity contribution in [3.05, 3.63) is 42.5 Å². The first-order valence-electron chi connectivity index (χ1n) is 5.14. The lowest BCUT2D eigenvalue weighted by molar-refractivity contribution is 0.0768. The number of thioether (sulfide) groups is 1. The molecule has 0 N–H and O–H groups in total. The SMILES string of the molecule is C=CCCOCC(=O)c1ccc(SC)cc1. The summed E-state index contributed by atoms with van der Waals surface area (Å²) in [5.41, 5.74) is 0.705. The largest absolute Gasteiger partial charge is 0.373 e. The Bertz CT molecular complexity index is 343. The average molecular weight is 236 g/mol. The molecule has 0 aliphatic heterocycles. The topological polar surface area (TPSA) is 26.3 Å². The Hall–Kier alpha value is -1.06. The Morgan fingerprint density at radius 1 is 1.44 bits per heavy atom. The molecule has 1 rings (SSSR count). The number of carbonyl (C=O) groups excluding carboxylic acids is 1. The van der Waals surface area contributed by atoms with Crippen molar-refractivity contribution in [1.82, 2.24) is 0 Å². The van der Waals surface area contributed by atoms with Crippen molar-refractivity contribution in [3.63, 3.8) is 0 Å². The number of hydrogen-bond acceptors (Lipinski definition) is 3. The molecular formula is C13H16O2S. The van der Waals surface area contributed by atoms with Gasteiger partial charge in [0, 0.05) is 10.5 Å². The zero-order valence-corrected chi connectivity index (χ0v) is 10.3. The van der Waals surface area contributed by atoms with E-state index in [1.54, 1.807) is 17.8 Å². The highest BCUT2D eigenvalue weighted by molar-refractivity contribution is 7.98. The summed E-state index contributed by atoms with van der Waals surface area (Å²) in [6.07, 6.45) is 4.56. The fourth-order valence-electron chi connectivity index (χ4n) is 1.19. The molecule has 1 aromatic rings. The maximum Gasteiger partial charge on any atom is 0.188 e. The van der Waals surface area contributed by atoms with Gasteiger partial charge in [0.2, 0.25) is 0 Å². The molecule has 0 unspecified atom stereocenters. The predicted octanol–water partition coefficient (Wildman–Crippen LogP) is 3.18. The van der Waals surface area contributed by atoms with E-state index in [-0.39, 0.29) is 12.4 Å². The Balaban J connectivity index is 2.43. The van der Waals surface area contributed by atoms with Crippen molar-refractivity contribution >= 4 is 17.5 Å². The van der Waals surface area contributed by atoms with Crippen LogP contribution in [0.5, 0.6) is 0 Å². The maximum absolute atomic E-state index is 11.6. The molecule has 1 aromatic carbocycles. The Labute approximate surface area is 101 Å². The second-order valence-electron chi connectivity index (χ2n) is 3.28. The second-order valence-corrected chi connectivity index (χ2v) is 4.16. The first-order valence-corrected chi connectivity index (χ1v) is 6.36. The van der Waals surface area contributed by atoms with Crippen LogP contribution >= 0.6 is 11.8 Å². The van der Waals surface area contributed by atoms with Crippen LogP contribution in [-0.4, -0.2) is 25.3 Å². The summed E-state index contributed by atoms with van der Waals surface area (Å²) in [6.45, 7) is 4.29. The fourth-order valence-corrected chi connectivity index (χ4v) is 1.60. The average Bonchev–Trinajstić information content (AvgIpc) is 2.34. The third-order valence-electron chi connectivity index (χ3n) is 2.11. The maximum atomic E-state index is 11.6. The van der Waals surface area contributed by atoms with Crippen molar-refractivity contribution in [3.8, 4) is 0 Å². The highest BCUT2D eigenvalue weighted by atomic mass is 32.2. The van der Waals surface area contributed by atoms with Gasteiger partial charge in [-0.25, -0.2) is 0 Å². The lowest BCUT2D eigenvalue weighted by Gasteiger charge is -2.03. The molecule has 0 aromatic heterocycles. The summed E-state index contributed by atoms with van der Waals surface area (Å²) in [4.78, 5) is 12.8. The number of hydrogen-bond donors (Lipinski definition) is 0. The highest BCUT2D eigenvalue weighted by Gasteiger charge is 2.05. The summed E-state index contributed by atoms with van der Waals surface area (Å²) in [7, 11) is 0. The van der Waals surface area contributed by atoms with Gasteiger partial charge in [-0.2, -0.15) is 0 Å². The van der Waals surface area contributed by atoms with Crippen molar-refractivity contribution < 1.29 is 9.53 Å². The molecule has 0 radical (unpaired) electrons. The molecule has 0 aliphatic rings. The first kappa shape index (κ1) is 13.0. The normalized spacial score (nSPS) is 10.1. The molecule has 3 heteroatoms. The Morgan fingerprint density at radius 3 is 2.69 bits per heavy atom. The molecule has 16 heavy (non-hydrogen) atoms. The zero-order valence-electron chi connectivity index (χ0n) is 9.44. The van der Waals surface area contributed by atoms with Gasteiger partial charge in [0.05, 0.1) is 6.61 Å². The van der Waals surface area contributed by atoms with Crippen molar-refractivity contribution in [2.75, 3.05) is 19.5 Å². The van der Waals surface area contributed by atoms with Crippen LogP contribution in [0.4, 0.5) is 0 Å². The molecule has 0 aliphatic carbocycles. The number of benzene rings is 1. The standard InChI is InChI=1S/C13H16O2S/c1-3-4-9-15-10-13(14)11-5-7-12(16-2)8-6-11/h3,5-8H,1,4,9-10H2,2H3. The van der Waals surface area contributed by atoms with Crippen LogP contribution in [0.2, 0.25) is 0 Å². The third-order valence-corrected chi connectivity index (χ3v) is 2.86. The highest BCUT2D eigenvalue weighted by Crippen LogP contribution is 2.15. The number of ether oxygens (including phenoxy) is 1. The first-order chi connectivity index (χ1) is 7.77. The third kappa shape index (κ3) is 4.21. The van der Waals surface area contributed by atoms with E-state index in [0.717, 1.165) is 11.3 Å². The summed E-state index contributed by atoms with van der Waals surface area (Å²) in [6, 6.07) is 7.57. The number of ketones is 1. The minimum Gasteiger partial charge on any atom is -0.373 e. The Kier molecular flexibility index (Phi) is 5.90. The molecular weight excluding hydrogens is 220 g/mol. The van der Waals surface area contributed by atoms with Crippen LogP contribution in [0.3, 0.4) is 0 Å². The summed E-state index contributed by atoms with van der Waals surface area (Å²) in [5.74, 6) is 0.0247. The second kappa shape index (κ2) is 7.25. The molecule has 86 valence electrons. The molecule has 0 atom stereocenters. The molecule has 0 saturated carbocycles. The van der Waals surface area contributed by atoms with Crippen LogP contribution in [-0.2, 0) is 4.74 Å². The van der Waals surface area contributed by atoms with E-state index in [9.17, 15) is 4.79 Å². The van der Waals surface area contributed by atoms with Crippen molar-refractivity contribution in [2.24, 2.45) is 0 Å². The monoisotopic (exact) mass is 236 g/mol. The van der Waals surface area contributed by atoms with E-state index in [1.165, 1.54) is 0 Å². The van der Waals surface area contributed by atoms with Crippen LogP contribution in [0.25, 0.3) is 0 Å². The van der Waals surface area contributed by atoms with Crippen LogP contribution in [0, 0.1) is 0 Å². The Morgan fingerprint density at radius 2 is 2.12 bits per heavy atom. The van der Waals surface area contributed by atoms with Gasteiger partial charge in [-0.05, 0) is 24.8 Å². The van der Waals surface area contributed by atoms with Gasteiger partial charge >= 0.3 is 0 Å². The summed E-state index contributed by atoms with van der Waals surface area (Å²) in [5, 5.41) is 0. The number of carbonyl (C=O) groups is 1. The molecule has 0 fully saturated rings. The van der Waals surface area contributed by atoms with Gasteiger partial charge in [-0.1, -0.05) is 18.2 Å². The van der Waals surface area contributed by atoms with E-state index in [0.29, 0.717) is 12.2 Å². The van der Waals surface area contributed by atoms with E-state index < -0.39 is 0 Å². The minimum absolute atomic E-state index is 0.0247. The van der Waals surface area contributed by atoms with E-state index in [2.05, 4.69) is 6.58 Å². The molecule has 0 spiro atoms. The number of Topliss-reactive ketones (excluding diaryl/α,β-unsaturated/α-hetero) is 1. The molecule has 0 heterocycles. The molecule has 2 nitrogen and oxygen atoms in total.